The van der Waals surface area contributed by atoms with Gasteiger partial charge in [-0.1, -0.05) is 22.9 Å². The second-order valence-electron chi connectivity index (χ2n) is 3.79. The van der Waals surface area contributed by atoms with E-state index in [1.54, 1.807) is 0 Å². The van der Waals surface area contributed by atoms with E-state index >= 15 is 0 Å². The quantitative estimate of drug-likeness (QED) is 0.932. The summed E-state index contributed by atoms with van der Waals surface area (Å²) in [5, 5.41) is 2.85. The van der Waals surface area contributed by atoms with Crippen LogP contribution in [-0.4, -0.2) is 12.7 Å². The van der Waals surface area contributed by atoms with Gasteiger partial charge in [0.1, 0.15) is 5.75 Å². The van der Waals surface area contributed by atoms with Gasteiger partial charge in [0, 0.05) is 28.6 Å². The van der Waals surface area contributed by atoms with Gasteiger partial charge in [-0.05, 0) is 12.1 Å². The van der Waals surface area contributed by atoms with Gasteiger partial charge in [-0.25, -0.2) is 0 Å². The minimum atomic E-state index is 0.0331. The Hall–Kier alpha value is -1.07. The van der Waals surface area contributed by atoms with Crippen LogP contribution < -0.4 is 10.1 Å². The SMILES string of the molecule is CCC(=O)NCc1cc(Br)cc2c1OCOC2. The first-order valence-corrected chi connectivity index (χ1v) is 6.28. The number of fused-ring (bicyclic) bond motifs is 1. The largest absolute Gasteiger partial charge is 0.467 e. The summed E-state index contributed by atoms with van der Waals surface area (Å²) >= 11 is 3.44. The number of hydrogen-bond acceptors (Lipinski definition) is 3. The van der Waals surface area contributed by atoms with Crippen molar-refractivity contribution in [1.82, 2.24) is 5.32 Å². The standard InChI is InChI=1S/C12H14BrNO3/c1-2-11(15)14-5-8-3-10(13)4-9-6-16-7-17-12(8)9/h3-4H,2,5-7H2,1H3,(H,14,15). The third-order valence-corrected chi connectivity index (χ3v) is 3.01. The van der Waals surface area contributed by atoms with E-state index in [4.69, 9.17) is 9.47 Å². The number of rotatable bonds is 3. The summed E-state index contributed by atoms with van der Waals surface area (Å²) in [5.41, 5.74) is 1.98. The van der Waals surface area contributed by atoms with Crippen LogP contribution in [0.5, 0.6) is 5.75 Å². The molecule has 1 heterocycles. The van der Waals surface area contributed by atoms with Gasteiger partial charge in [0.2, 0.25) is 5.91 Å². The molecule has 4 nitrogen and oxygen atoms in total. The molecule has 1 amide bonds. The summed E-state index contributed by atoms with van der Waals surface area (Å²) < 4.78 is 11.7. The Morgan fingerprint density at radius 1 is 1.53 bits per heavy atom. The molecule has 0 saturated carbocycles. The summed E-state index contributed by atoms with van der Waals surface area (Å²) in [6.07, 6.45) is 0.486. The molecule has 0 saturated heterocycles. The van der Waals surface area contributed by atoms with Gasteiger partial charge in [0.25, 0.3) is 0 Å². The molecule has 1 aliphatic rings. The lowest BCUT2D eigenvalue weighted by atomic mass is 10.1. The van der Waals surface area contributed by atoms with Crippen LogP contribution in [0.2, 0.25) is 0 Å². The smallest absolute Gasteiger partial charge is 0.219 e. The molecule has 0 unspecified atom stereocenters. The predicted molar refractivity (Wildman–Crippen MR) is 66.6 cm³/mol. The molecule has 0 fully saturated rings. The molecular formula is C12H14BrNO3. The van der Waals surface area contributed by atoms with Crippen molar-refractivity contribution in [3.63, 3.8) is 0 Å². The summed E-state index contributed by atoms with van der Waals surface area (Å²) in [6.45, 7) is 3.12. The maximum absolute atomic E-state index is 11.2. The fourth-order valence-corrected chi connectivity index (χ4v) is 2.26. The van der Waals surface area contributed by atoms with E-state index in [0.29, 0.717) is 19.6 Å². The first kappa shape index (κ1) is 12.4. The van der Waals surface area contributed by atoms with Gasteiger partial charge in [-0.3, -0.25) is 4.79 Å². The third kappa shape index (κ3) is 2.98. The Morgan fingerprint density at radius 2 is 2.35 bits per heavy atom. The number of carbonyl (C=O) groups is 1. The van der Waals surface area contributed by atoms with Crippen LogP contribution in [-0.2, 0) is 22.7 Å². The van der Waals surface area contributed by atoms with Crippen molar-refractivity contribution < 1.29 is 14.3 Å². The molecule has 92 valence electrons. The molecular weight excluding hydrogens is 286 g/mol. The van der Waals surface area contributed by atoms with E-state index in [9.17, 15) is 4.79 Å². The topological polar surface area (TPSA) is 47.6 Å². The first-order valence-electron chi connectivity index (χ1n) is 5.49. The molecule has 1 aliphatic heterocycles. The van der Waals surface area contributed by atoms with Crippen molar-refractivity contribution in [1.29, 1.82) is 0 Å². The van der Waals surface area contributed by atoms with Gasteiger partial charge in [-0.2, -0.15) is 0 Å². The molecule has 0 aliphatic carbocycles. The number of carbonyl (C=O) groups excluding carboxylic acids is 1. The molecule has 5 heteroatoms. The highest BCUT2D eigenvalue weighted by atomic mass is 79.9. The minimum absolute atomic E-state index is 0.0331. The Kier molecular flexibility index (Phi) is 4.02. The molecule has 1 aromatic carbocycles. The van der Waals surface area contributed by atoms with Crippen molar-refractivity contribution in [2.24, 2.45) is 0 Å². The lowest BCUT2D eigenvalue weighted by Crippen LogP contribution is -2.23. The molecule has 2 rings (SSSR count). The van der Waals surface area contributed by atoms with Crippen LogP contribution in [0.1, 0.15) is 24.5 Å². The van der Waals surface area contributed by atoms with Gasteiger partial charge in [-0.15, -0.1) is 0 Å². The maximum atomic E-state index is 11.2. The summed E-state index contributed by atoms with van der Waals surface area (Å²) in [4.78, 5) is 11.2. The molecule has 1 N–H and O–H groups in total. The van der Waals surface area contributed by atoms with Gasteiger partial charge in [0.05, 0.1) is 6.61 Å². The zero-order chi connectivity index (χ0) is 12.3. The zero-order valence-electron chi connectivity index (χ0n) is 9.59. The van der Waals surface area contributed by atoms with E-state index in [0.717, 1.165) is 21.3 Å². The lowest BCUT2D eigenvalue weighted by molar-refractivity contribution is -0.120. The monoisotopic (exact) mass is 299 g/mol. The van der Waals surface area contributed by atoms with Crippen molar-refractivity contribution in [2.75, 3.05) is 6.79 Å². The number of benzene rings is 1. The molecule has 1 aromatic rings. The second kappa shape index (κ2) is 5.51. The van der Waals surface area contributed by atoms with Gasteiger partial charge in [0.15, 0.2) is 6.79 Å². The van der Waals surface area contributed by atoms with E-state index in [1.165, 1.54) is 0 Å². The van der Waals surface area contributed by atoms with Crippen molar-refractivity contribution in [3.8, 4) is 5.75 Å². The molecule has 0 aromatic heterocycles. The average Bonchev–Trinajstić information content (AvgIpc) is 2.35. The third-order valence-electron chi connectivity index (χ3n) is 2.55. The highest BCUT2D eigenvalue weighted by Gasteiger charge is 2.16. The predicted octanol–water partition coefficient (Wildman–Crippen LogP) is 2.34. The Morgan fingerprint density at radius 3 is 3.12 bits per heavy atom. The van der Waals surface area contributed by atoms with Crippen LogP contribution in [0.15, 0.2) is 16.6 Å². The molecule has 17 heavy (non-hydrogen) atoms. The molecule has 0 spiro atoms. The van der Waals surface area contributed by atoms with Crippen molar-refractivity contribution in [3.05, 3.63) is 27.7 Å². The molecule has 0 atom stereocenters. The number of nitrogens with one attached hydrogen (secondary N) is 1. The van der Waals surface area contributed by atoms with Crippen LogP contribution in [0, 0.1) is 0 Å². The van der Waals surface area contributed by atoms with Gasteiger partial charge < -0.3 is 14.8 Å². The summed E-state index contributed by atoms with van der Waals surface area (Å²) in [5.74, 6) is 0.863. The number of halogens is 1. The van der Waals surface area contributed by atoms with E-state index in [1.807, 2.05) is 19.1 Å². The van der Waals surface area contributed by atoms with Crippen molar-refractivity contribution in [2.45, 2.75) is 26.5 Å². The summed E-state index contributed by atoms with van der Waals surface area (Å²) in [6, 6.07) is 3.93. The normalized spacial score (nSPS) is 13.8. The van der Waals surface area contributed by atoms with Crippen LogP contribution >= 0.6 is 15.9 Å². The van der Waals surface area contributed by atoms with E-state index in [-0.39, 0.29) is 12.7 Å². The maximum Gasteiger partial charge on any atom is 0.219 e. The highest BCUT2D eigenvalue weighted by molar-refractivity contribution is 9.10. The molecule has 0 bridgehead atoms. The number of ether oxygens (including phenoxy) is 2. The van der Waals surface area contributed by atoms with Crippen LogP contribution in [0.4, 0.5) is 0 Å². The number of hydrogen-bond donors (Lipinski definition) is 1. The van der Waals surface area contributed by atoms with Gasteiger partial charge >= 0.3 is 0 Å². The Bertz CT molecular complexity index is 434. The first-order chi connectivity index (χ1) is 8.20. The fourth-order valence-electron chi connectivity index (χ4n) is 1.71. The highest BCUT2D eigenvalue weighted by Crippen LogP contribution is 2.31. The Balaban J connectivity index is 2.20. The van der Waals surface area contributed by atoms with E-state index in [2.05, 4.69) is 21.2 Å². The lowest BCUT2D eigenvalue weighted by Gasteiger charge is -2.21. The number of amides is 1. The van der Waals surface area contributed by atoms with Crippen LogP contribution in [0.25, 0.3) is 0 Å². The van der Waals surface area contributed by atoms with E-state index < -0.39 is 0 Å². The zero-order valence-corrected chi connectivity index (χ0v) is 11.2. The Labute approximate surface area is 108 Å². The average molecular weight is 300 g/mol. The fraction of sp³-hybridized carbons (Fsp3) is 0.417. The minimum Gasteiger partial charge on any atom is -0.467 e. The second-order valence-corrected chi connectivity index (χ2v) is 4.71. The van der Waals surface area contributed by atoms with Crippen molar-refractivity contribution >= 4 is 21.8 Å². The van der Waals surface area contributed by atoms with Crippen LogP contribution in [0.3, 0.4) is 0 Å². The molecule has 0 radical (unpaired) electrons. The summed E-state index contributed by atoms with van der Waals surface area (Å²) in [7, 11) is 0.